The zero-order valence-corrected chi connectivity index (χ0v) is 19.4. The van der Waals surface area contributed by atoms with Gasteiger partial charge in [0, 0.05) is 28.9 Å². The molecule has 2 saturated heterocycles. The maximum absolute atomic E-state index is 12.8. The fourth-order valence-electron chi connectivity index (χ4n) is 3.58. The summed E-state index contributed by atoms with van der Waals surface area (Å²) >= 11 is 3.74. The Morgan fingerprint density at radius 1 is 1.03 bits per heavy atom. The molecule has 0 aromatic heterocycles. The minimum Gasteiger partial charge on any atom is -0.372 e. The van der Waals surface area contributed by atoms with Crippen LogP contribution in [0.4, 0.5) is 11.4 Å². The van der Waals surface area contributed by atoms with Crippen LogP contribution < -0.4 is 4.90 Å². The van der Waals surface area contributed by atoms with Crippen molar-refractivity contribution in [1.82, 2.24) is 4.90 Å². The second-order valence-corrected chi connectivity index (χ2v) is 9.42. The van der Waals surface area contributed by atoms with Crippen LogP contribution in [0.1, 0.15) is 31.7 Å². The summed E-state index contributed by atoms with van der Waals surface area (Å²) in [6, 6.07) is 16.6. The maximum atomic E-state index is 12.8. The van der Waals surface area contributed by atoms with Gasteiger partial charge in [0.15, 0.2) is 5.17 Å². The van der Waals surface area contributed by atoms with Crippen molar-refractivity contribution < 1.29 is 4.79 Å². The molecule has 0 unspecified atom stereocenters. The first kappa shape index (κ1) is 20.5. The van der Waals surface area contributed by atoms with Crippen molar-refractivity contribution in [2.45, 2.75) is 26.2 Å². The molecule has 0 saturated carbocycles. The molecule has 0 spiro atoms. The molecule has 2 aliphatic rings. The quantitative estimate of drug-likeness (QED) is 0.374. The Morgan fingerprint density at radius 2 is 1.72 bits per heavy atom. The third-order valence-corrected chi connectivity index (χ3v) is 6.89. The average Bonchev–Trinajstić information content (AvgIpc) is 3.05. The van der Waals surface area contributed by atoms with Crippen molar-refractivity contribution in [3.63, 3.8) is 0 Å². The Bertz CT molecular complexity index is 932. The number of thioether (sulfide) groups is 1. The van der Waals surface area contributed by atoms with Gasteiger partial charge in [0.05, 0.1) is 10.6 Å². The van der Waals surface area contributed by atoms with Crippen LogP contribution in [0.3, 0.4) is 0 Å². The van der Waals surface area contributed by atoms with Gasteiger partial charge in [-0.15, -0.1) is 0 Å². The Balaban J connectivity index is 1.54. The van der Waals surface area contributed by atoms with E-state index in [1.165, 1.54) is 40.3 Å². The third-order valence-electron chi connectivity index (χ3n) is 5.17. The fourth-order valence-corrected chi connectivity index (χ4v) is 5.00. The number of carbonyl (C=O) groups excluding carboxylic acids is 1. The lowest BCUT2D eigenvalue weighted by Gasteiger charge is -2.28. The molecule has 2 aliphatic heterocycles. The van der Waals surface area contributed by atoms with Crippen molar-refractivity contribution >= 4 is 62.9 Å². The number of halogens is 1. The first-order valence-electron chi connectivity index (χ1n) is 10.0. The van der Waals surface area contributed by atoms with Crippen LogP contribution in [0.15, 0.2) is 58.4 Å². The number of amidine groups is 1. The van der Waals surface area contributed by atoms with Crippen molar-refractivity contribution in [3.05, 3.63) is 62.6 Å². The summed E-state index contributed by atoms with van der Waals surface area (Å²) in [6.45, 7) is 4.87. The van der Waals surface area contributed by atoms with Gasteiger partial charge in [0.1, 0.15) is 0 Å². The van der Waals surface area contributed by atoms with E-state index < -0.39 is 0 Å². The average molecular weight is 517 g/mol. The molecule has 0 atom stereocenters. The molecule has 6 heteroatoms. The van der Waals surface area contributed by atoms with Gasteiger partial charge in [-0.25, -0.2) is 4.99 Å². The number of anilines is 1. The minimum atomic E-state index is 0.0275. The fraction of sp³-hybridized carbons (Fsp3) is 0.304. The highest BCUT2D eigenvalue weighted by Crippen LogP contribution is 2.34. The summed E-state index contributed by atoms with van der Waals surface area (Å²) in [6.07, 6.45) is 5.82. The predicted octanol–water partition coefficient (Wildman–Crippen LogP) is 5.91. The number of aliphatic imine (C=N–C) groups is 1. The van der Waals surface area contributed by atoms with E-state index in [4.69, 9.17) is 4.99 Å². The monoisotopic (exact) mass is 517 g/mol. The van der Waals surface area contributed by atoms with Gasteiger partial charge < -0.3 is 4.90 Å². The number of amides is 1. The lowest BCUT2D eigenvalue weighted by Crippen LogP contribution is -2.29. The number of nitrogens with zero attached hydrogens (tertiary/aromatic N) is 3. The van der Waals surface area contributed by atoms with Gasteiger partial charge in [-0.2, -0.15) is 0 Å². The van der Waals surface area contributed by atoms with Crippen LogP contribution in [-0.4, -0.2) is 35.6 Å². The van der Waals surface area contributed by atoms with Gasteiger partial charge in [0.2, 0.25) is 0 Å². The summed E-state index contributed by atoms with van der Waals surface area (Å²) in [5.74, 6) is 0.0275. The van der Waals surface area contributed by atoms with E-state index in [-0.39, 0.29) is 5.91 Å². The second kappa shape index (κ2) is 9.34. The number of likely N-dealkylation sites (N-methyl/N-ethyl adjacent to an activating group) is 1. The molecule has 2 aromatic rings. The zero-order valence-electron chi connectivity index (χ0n) is 16.5. The molecule has 150 valence electrons. The van der Waals surface area contributed by atoms with Crippen LogP contribution in [0.2, 0.25) is 0 Å². The lowest BCUT2D eigenvalue weighted by atomic mass is 10.1. The van der Waals surface area contributed by atoms with E-state index in [2.05, 4.69) is 51.8 Å². The molecule has 2 aromatic carbocycles. The van der Waals surface area contributed by atoms with E-state index in [9.17, 15) is 4.79 Å². The molecule has 2 heterocycles. The minimum absolute atomic E-state index is 0.0275. The molecule has 29 heavy (non-hydrogen) atoms. The van der Waals surface area contributed by atoms with Gasteiger partial charge in [-0.3, -0.25) is 9.69 Å². The highest BCUT2D eigenvalue weighted by Gasteiger charge is 2.32. The molecule has 1 amide bonds. The van der Waals surface area contributed by atoms with Crippen LogP contribution in [0.5, 0.6) is 0 Å². The number of benzene rings is 2. The molecule has 0 radical (unpaired) electrons. The number of carbonyl (C=O) groups is 1. The lowest BCUT2D eigenvalue weighted by molar-refractivity contribution is -0.122. The summed E-state index contributed by atoms with van der Waals surface area (Å²) in [7, 11) is 0. The molecule has 0 aliphatic carbocycles. The summed E-state index contributed by atoms with van der Waals surface area (Å²) in [5, 5.41) is 0.750. The second-order valence-electron chi connectivity index (χ2n) is 7.17. The topological polar surface area (TPSA) is 35.9 Å². The van der Waals surface area contributed by atoms with Crippen LogP contribution >= 0.6 is 34.4 Å². The molecule has 2 fully saturated rings. The van der Waals surface area contributed by atoms with Crippen LogP contribution in [0.25, 0.3) is 6.08 Å². The van der Waals surface area contributed by atoms with Crippen molar-refractivity contribution in [2.75, 3.05) is 24.5 Å². The Kier molecular flexibility index (Phi) is 6.60. The van der Waals surface area contributed by atoms with E-state index in [0.29, 0.717) is 6.54 Å². The predicted molar refractivity (Wildman–Crippen MR) is 132 cm³/mol. The van der Waals surface area contributed by atoms with E-state index in [0.717, 1.165) is 34.4 Å². The van der Waals surface area contributed by atoms with Gasteiger partial charge >= 0.3 is 0 Å². The smallest absolute Gasteiger partial charge is 0.266 e. The Hall–Kier alpha value is -1.80. The Morgan fingerprint density at radius 3 is 2.38 bits per heavy atom. The summed E-state index contributed by atoms with van der Waals surface area (Å²) in [4.78, 5) is 22.5. The molecule has 0 bridgehead atoms. The van der Waals surface area contributed by atoms with E-state index in [1.807, 2.05) is 37.3 Å². The molecule has 0 N–H and O–H groups in total. The molecule has 4 rings (SSSR count). The van der Waals surface area contributed by atoms with Gasteiger partial charge in [0.25, 0.3) is 5.91 Å². The normalized spacial score (nSPS) is 20.1. The third kappa shape index (κ3) is 4.86. The summed E-state index contributed by atoms with van der Waals surface area (Å²) < 4.78 is 1.18. The highest BCUT2D eigenvalue weighted by molar-refractivity contribution is 14.1. The SMILES string of the molecule is CCN1C(=O)/C(=C/c2ccc(I)cc2)SC1=Nc1ccc(N2CCCCC2)cc1. The standard InChI is InChI=1S/C23H24IN3OS/c1-2-27-22(28)21(16-17-6-8-18(24)9-7-17)29-23(27)25-19-10-12-20(13-11-19)26-14-4-3-5-15-26/h6-13,16H,2-5,14-15H2,1H3/b21-16-,25-23?. The number of hydrogen-bond acceptors (Lipinski definition) is 4. The molecular formula is C23H24IN3OS. The van der Waals surface area contributed by atoms with Gasteiger partial charge in [-0.1, -0.05) is 12.1 Å². The largest absolute Gasteiger partial charge is 0.372 e. The van der Waals surface area contributed by atoms with Crippen molar-refractivity contribution in [3.8, 4) is 0 Å². The first-order chi connectivity index (χ1) is 14.1. The van der Waals surface area contributed by atoms with Crippen molar-refractivity contribution in [2.24, 2.45) is 4.99 Å². The number of piperidine rings is 1. The number of hydrogen-bond donors (Lipinski definition) is 0. The van der Waals surface area contributed by atoms with Crippen LogP contribution in [0, 0.1) is 3.57 Å². The van der Waals surface area contributed by atoms with E-state index in [1.54, 1.807) is 4.90 Å². The highest BCUT2D eigenvalue weighted by atomic mass is 127. The summed E-state index contributed by atoms with van der Waals surface area (Å²) in [5.41, 5.74) is 3.18. The maximum Gasteiger partial charge on any atom is 0.266 e. The Labute approximate surface area is 190 Å². The van der Waals surface area contributed by atoms with Gasteiger partial charge in [-0.05, 0) is 109 Å². The van der Waals surface area contributed by atoms with Crippen molar-refractivity contribution in [1.29, 1.82) is 0 Å². The number of rotatable bonds is 4. The zero-order chi connectivity index (χ0) is 20.2. The molecular weight excluding hydrogens is 493 g/mol. The van der Waals surface area contributed by atoms with Crippen LogP contribution in [-0.2, 0) is 4.79 Å². The first-order valence-corrected chi connectivity index (χ1v) is 11.9. The van der Waals surface area contributed by atoms with E-state index >= 15 is 0 Å². The molecule has 4 nitrogen and oxygen atoms in total.